The van der Waals surface area contributed by atoms with Gasteiger partial charge < -0.3 is 0 Å². The first kappa shape index (κ1) is 20.1. The molecule has 2 aliphatic carbocycles. The molecular formula is C26H32P2. The van der Waals surface area contributed by atoms with E-state index in [1.807, 2.05) is 0 Å². The highest BCUT2D eigenvalue weighted by molar-refractivity contribution is 8.34. The van der Waals surface area contributed by atoms with E-state index in [9.17, 15) is 0 Å². The summed E-state index contributed by atoms with van der Waals surface area (Å²) in [6.07, 6.45) is 7.37. The van der Waals surface area contributed by atoms with Crippen molar-refractivity contribution in [1.82, 2.24) is 0 Å². The summed E-state index contributed by atoms with van der Waals surface area (Å²) in [5, 5.41) is 4.03. The third-order valence-corrected chi connectivity index (χ3v) is 16.5. The van der Waals surface area contributed by atoms with Gasteiger partial charge in [-0.3, -0.25) is 0 Å². The molecule has 28 heavy (non-hydrogen) atoms. The fraction of sp³-hybridized carbons (Fsp3) is 0.385. The Bertz CT molecular complexity index is 871. The minimum absolute atomic E-state index is 0.257. The maximum absolute atomic E-state index is 2.54. The number of allylic oxidation sites excluding steroid dienone is 2. The highest BCUT2D eigenvalue weighted by Gasteiger charge is 2.43. The lowest BCUT2D eigenvalue weighted by Gasteiger charge is -2.46. The molecule has 0 aromatic heterocycles. The van der Waals surface area contributed by atoms with Crippen molar-refractivity contribution in [3.63, 3.8) is 0 Å². The predicted molar refractivity (Wildman–Crippen MR) is 130 cm³/mol. The van der Waals surface area contributed by atoms with E-state index < -0.39 is 0 Å². The second kappa shape index (κ2) is 7.23. The minimum atomic E-state index is -0.257. The molecule has 0 aliphatic heterocycles. The number of hydrogen-bond acceptors (Lipinski definition) is 0. The summed E-state index contributed by atoms with van der Waals surface area (Å²) in [6, 6.07) is 18.0. The van der Waals surface area contributed by atoms with Crippen LogP contribution in [0.5, 0.6) is 0 Å². The number of benzene rings is 2. The third-order valence-electron chi connectivity index (χ3n) is 5.51. The van der Waals surface area contributed by atoms with Gasteiger partial charge in [0.1, 0.15) is 0 Å². The number of rotatable bonds is 3. The van der Waals surface area contributed by atoms with Crippen LogP contribution in [0.3, 0.4) is 0 Å². The second-order valence-corrected chi connectivity index (χ2v) is 17.5. The van der Waals surface area contributed by atoms with Gasteiger partial charge in [-0.1, -0.05) is 102 Å². The maximum atomic E-state index is 2.54. The van der Waals surface area contributed by atoms with Crippen molar-refractivity contribution < 1.29 is 0 Å². The first-order chi connectivity index (χ1) is 13.1. The second-order valence-electron chi connectivity index (χ2n) is 9.99. The Balaban J connectivity index is 1.78. The van der Waals surface area contributed by atoms with Crippen molar-refractivity contribution in [1.29, 1.82) is 0 Å². The quantitative estimate of drug-likeness (QED) is 0.447. The van der Waals surface area contributed by atoms with E-state index >= 15 is 0 Å². The smallest absolute Gasteiger partial charge is 0.00115 e. The first-order valence-corrected chi connectivity index (χ1v) is 13.7. The zero-order valence-electron chi connectivity index (χ0n) is 18.1. The van der Waals surface area contributed by atoms with Crippen LogP contribution >= 0.6 is 15.2 Å². The van der Waals surface area contributed by atoms with Gasteiger partial charge in [0.25, 0.3) is 0 Å². The molecule has 2 aromatic carbocycles. The van der Waals surface area contributed by atoms with E-state index in [0.29, 0.717) is 10.3 Å². The molecule has 0 heterocycles. The van der Waals surface area contributed by atoms with Gasteiger partial charge in [-0.25, -0.2) is 0 Å². The normalized spacial score (nSPS) is 18.2. The van der Waals surface area contributed by atoms with Crippen LogP contribution in [0, 0.1) is 0 Å². The molecule has 0 bridgehead atoms. The van der Waals surface area contributed by atoms with Crippen LogP contribution in [-0.2, 0) is 12.8 Å². The summed E-state index contributed by atoms with van der Waals surface area (Å²) in [5.41, 5.74) is 5.92. The van der Waals surface area contributed by atoms with Gasteiger partial charge in [0.05, 0.1) is 0 Å². The van der Waals surface area contributed by atoms with E-state index in [-0.39, 0.29) is 15.2 Å². The lowest BCUT2D eigenvalue weighted by atomic mass is 10.1. The molecule has 146 valence electrons. The SMILES string of the molecule is CC(C)(C)P(C1=Cc2ccccc2C1)P(C1=Cc2ccccc2C1)C(C)(C)C. The molecule has 4 rings (SSSR count). The molecule has 0 spiro atoms. The molecule has 2 aromatic rings. The highest BCUT2D eigenvalue weighted by atomic mass is 32.1. The third kappa shape index (κ3) is 3.79. The molecule has 0 fully saturated rings. The highest BCUT2D eigenvalue weighted by Crippen LogP contribution is 2.87. The Hall–Kier alpha value is -1.22. The molecule has 0 saturated carbocycles. The van der Waals surface area contributed by atoms with Gasteiger partial charge in [0.15, 0.2) is 0 Å². The Morgan fingerprint density at radius 3 is 1.25 bits per heavy atom. The largest absolute Gasteiger partial charge is 0.0619 e. The van der Waals surface area contributed by atoms with Crippen molar-refractivity contribution in [2.75, 3.05) is 0 Å². The van der Waals surface area contributed by atoms with Crippen molar-refractivity contribution in [3.05, 3.63) is 81.4 Å². The predicted octanol–water partition coefficient (Wildman–Crippen LogP) is 8.66. The van der Waals surface area contributed by atoms with Crippen LogP contribution < -0.4 is 0 Å². The van der Waals surface area contributed by atoms with Crippen molar-refractivity contribution in [3.8, 4) is 0 Å². The maximum Gasteiger partial charge on any atom is -0.00115 e. The number of hydrogen-bond donors (Lipinski definition) is 0. The van der Waals surface area contributed by atoms with Crippen LogP contribution in [0.25, 0.3) is 12.2 Å². The molecular weight excluding hydrogens is 374 g/mol. The van der Waals surface area contributed by atoms with Gasteiger partial charge in [-0.05, 0) is 71.3 Å². The molecule has 0 N–H and O–H groups in total. The van der Waals surface area contributed by atoms with Crippen molar-refractivity contribution >= 4 is 27.4 Å². The minimum Gasteiger partial charge on any atom is -0.0619 e. The van der Waals surface area contributed by atoms with E-state index in [0.717, 1.165) is 12.8 Å². The monoisotopic (exact) mass is 406 g/mol. The molecule has 0 radical (unpaired) electrons. The summed E-state index contributed by atoms with van der Waals surface area (Å²) in [5.74, 6) is 0. The lowest BCUT2D eigenvalue weighted by molar-refractivity contribution is 0.777. The standard InChI is InChI=1S/C26H32P2/c1-25(2,3)27(23-15-19-11-7-8-12-20(19)16-23)28(26(4,5)6)24-17-21-13-9-10-14-22(21)18-24/h7-15,17H,16,18H2,1-6H3. The summed E-state index contributed by atoms with van der Waals surface area (Å²) in [7, 11) is -0.513. The van der Waals surface area contributed by atoms with Gasteiger partial charge in [-0.2, -0.15) is 0 Å². The lowest BCUT2D eigenvalue weighted by Crippen LogP contribution is -2.20. The summed E-state index contributed by atoms with van der Waals surface area (Å²) >= 11 is 0. The van der Waals surface area contributed by atoms with E-state index in [1.54, 1.807) is 10.6 Å². The average Bonchev–Trinajstić information content (AvgIpc) is 3.20. The van der Waals surface area contributed by atoms with E-state index in [1.165, 1.54) is 22.3 Å². The van der Waals surface area contributed by atoms with Gasteiger partial charge in [0, 0.05) is 0 Å². The van der Waals surface area contributed by atoms with E-state index in [2.05, 4.69) is 102 Å². The Kier molecular flexibility index (Phi) is 5.18. The first-order valence-electron chi connectivity index (χ1n) is 10.3. The van der Waals surface area contributed by atoms with Gasteiger partial charge in [0.2, 0.25) is 0 Å². The Morgan fingerprint density at radius 1 is 0.571 bits per heavy atom. The van der Waals surface area contributed by atoms with Crippen LogP contribution in [0.2, 0.25) is 0 Å². The summed E-state index contributed by atoms with van der Waals surface area (Å²) in [6.45, 7) is 14.9. The zero-order chi connectivity index (χ0) is 20.1. The Morgan fingerprint density at radius 2 is 0.929 bits per heavy atom. The molecule has 2 aliphatic rings. The molecule has 0 saturated heterocycles. The fourth-order valence-corrected chi connectivity index (χ4v) is 15.0. The van der Waals surface area contributed by atoms with Crippen LogP contribution in [0.4, 0.5) is 0 Å². The molecule has 2 atom stereocenters. The number of fused-ring (bicyclic) bond motifs is 2. The van der Waals surface area contributed by atoms with Gasteiger partial charge in [-0.15, -0.1) is 0 Å². The zero-order valence-corrected chi connectivity index (χ0v) is 19.9. The average molecular weight is 406 g/mol. The van der Waals surface area contributed by atoms with Crippen LogP contribution in [0.15, 0.2) is 59.2 Å². The summed E-state index contributed by atoms with van der Waals surface area (Å²) < 4.78 is 0. The topological polar surface area (TPSA) is 0 Å². The van der Waals surface area contributed by atoms with Crippen molar-refractivity contribution in [2.24, 2.45) is 0 Å². The van der Waals surface area contributed by atoms with Crippen molar-refractivity contribution in [2.45, 2.75) is 64.7 Å². The van der Waals surface area contributed by atoms with E-state index in [4.69, 9.17) is 0 Å². The van der Waals surface area contributed by atoms with Crippen LogP contribution in [0.1, 0.15) is 63.8 Å². The summed E-state index contributed by atoms with van der Waals surface area (Å²) in [4.78, 5) is 0. The molecule has 0 amide bonds. The molecule has 2 unspecified atom stereocenters. The Labute approximate surface area is 173 Å². The van der Waals surface area contributed by atoms with Crippen LogP contribution in [-0.4, -0.2) is 10.3 Å². The molecule has 2 heteroatoms. The van der Waals surface area contributed by atoms with Gasteiger partial charge >= 0.3 is 0 Å². The fourth-order valence-electron chi connectivity index (χ4n) is 4.51. The molecule has 0 nitrogen and oxygen atoms in total.